The molecule has 0 atom stereocenters. The predicted molar refractivity (Wildman–Crippen MR) is 109 cm³/mol. The summed E-state index contributed by atoms with van der Waals surface area (Å²) in [6.07, 6.45) is 1.36. The molecule has 0 aliphatic rings. The fourth-order valence-corrected chi connectivity index (χ4v) is 2.59. The minimum absolute atomic E-state index is 0.0708. The number of benzene rings is 3. The number of anilines is 1. The van der Waals surface area contributed by atoms with Crippen LogP contribution in [0.15, 0.2) is 77.9 Å². The minimum atomic E-state index is -0.432. The Bertz CT molecular complexity index is 1040. The molecule has 0 aliphatic heterocycles. The summed E-state index contributed by atoms with van der Waals surface area (Å²) in [5, 5.41) is 16.3. The van der Waals surface area contributed by atoms with E-state index in [1.807, 2.05) is 19.1 Å². The number of hydrazone groups is 1. The third-order valence-electron chi connectivity index (χ3n) is 4.08. The fourth-order valence-electron chi connectivity index (χ4n) is 2.59. The van der Waals surface area contributed by atoms with Crippen LogP contribution in [0.4, 0.5) is 5.69 Å². The molecule has 0 unspecified atom stereocenters. The van der Waals surface area contributed by atoms with Crippen LogP contribution in [0.1, 0.15) is 31.8 Å². The Morgan fingerprint density at radius 3 is 2.46 bits per heavy atom. The van der Waals surface area contributed by atoms with Crippen molar-refractivity contribution in [1.82, 2.24) is 5.43 Å². The van der Waals surface area contributed by atoms with E-state index in [0.29, 0.717) is 22.4 Å². The van der Waals surface area contributed by atoms with E-state index < -0.39 is 5.91 Å². The van der Waals surface area contributed by atoms with Gasteiger partial charge in [-0.3, -0.25) is 9.59 Å². The van der Waals surface area contributed by atoms with Crippen molar-refractivity contribution >= 4 is 23.7 Å². The molecule has 3 aromatic carbocycles. The molecule has 0 fully saturated rings. The minimum Gasteiger partial charge on any atom is -0.507 e. The van der Waals surface area contributed by atoms with Gasteiger partial charge in [-0.1, -0.05) is 36.4 Å². The van der Waals surface area contributed by atoms with Gasteiger partial charge in [0.1, 0.15) is 5.75 Å². The number of nitrogens with zero attached hydrogens (tertiary/aromatic N) is 1. The highest BCUT2D eigenvalue weighted by Crippen LogP contribution is 2.15. The summed E-state index contributed by atoms with van der Waals surface area (Å²) in [5.74, 6) is -0.603. The van der Waals surface area contributed by atoms with E-state index in [4.69, 9.17) is 0 Å². The predicted octanol–water partition coefficient (Wildman–Crippen LogP) is 3.72. The van der Waals surface area contributed by atoms with E-state index in [0.717, 1.165) is 5.56 Å². The van der Waals surface area contributed by atoms with Gasteiger partial charge in [0, 0.05) is 22.4 Å². The molecular weight excluding hydrogens is 354 g/mol. The van der Waals surface area contributed by atoms with Gasteiger partial charge >= 0.3 is 0 Å². The number of amides is 2. The van der Waals surface area contributed by atoms with E-state index in [1.54, 1.807) is 54.6 Å². The highest BCUT2D eigenvalue weighted by molar-refractivity contribution is 6.06. The summed E-state index contributed by atoms with van der Waals surface area (Å²) >= 11 is 0. The van der Waals surface area contributed by atoms with Crippen LogP contribution in [0.2, 0.25) is 0 Å². The number of hydrogen-bond acceptors (Lipinski definition) is 4. The number of carbonyl (C=O) groups excluding carboxylic acids is 2. The van der Waals surface area contributed by atoms with Gasteiger partial charge in [0.25, 0.3) is 11.8 Å². The van der Waals surface area contributed by atoms with Gasteiger partial charge < -0.3 is 10.4 Å². The van der Waals surface area contributed by atoms with Crippen molar-refractivity contribution in [1.29, 1.82) is 0 Å². The number of hydrogen-bond donors (Lipinski definition) is 3. The van der Waals surface area contributed by atoms with Crippen LogP contribution in [0, 0.1) is 6.92 Å². The number of rotatable bonds is 5. The maximum Gasteiger partial charge on any atom is 0.271 e. The van der Waals surface area contributed by atoms with Crippen molar-refractivity contribution < 1.29 is 14.7 Å². The molecule has 0 aromatic heterocycles. The van der Waals surface area contributed by atoms with E-state index in [1.165, 1.54) is 12.3 Å². The molecule has 28 heavy (non-hydrogen) atoms. The van der Waals surface area contributed by atoms with Crippen molar-refractivity contribution in [3.05, 3.63) is 95.1 Å². The summed E-state index contributed by atoms with van der Waals surface area (Å²) < 4.78 is 0. The van der Waals surface area contributed by atoms with E-state index in [9.17, 15) is 14.7 Å². The molecule has 3 N–H and O–H groups in total. The topological polar surface area (TPSA) is 90.8 Å². The third kappa shape index (κ3) is 4.62. The van der Waals surface area contributed by atoms with E-state index in [2.05, 4.69) is 15.8 Å². The largest absolute Gasteiger partial charge is 0.507 e. The molecule has 6 heteroatoms. The molecule has 0 radical (unpaired) electrons. The highest BCUT2D eigenvalue weighted by atomic mass is 16.3. The molecule has 0 saturated carbocycles. The van der Waals surface area contributed by atoms with Gasteiger partial charge in [0.2, 0.25) is 0 Å². The van der Waals surface area contributed by atoms with Crippen LogP contribution < -0.4 is 10.7 Å². The molecule has 3 rings (SSSR count). The van der Waals surface area contributed by atoms with Gasteiger partial charge in [-0.15, -0.1) is 0 Å². The fraction of sp³-hybridized carbons (Fsp3) is 0.0455. The quantitative estimate of drug-likeness (QED) is 0.470. The van der Waals surface area contributed by atoms with Crippen LogP contribution in [0.25, 0.3) is 0 Å². The van der Waals surface area contributed by atoms with Crippen LogP contribution in [0.3, 0.4) is 0 Å². The van der Waals surface area contributed by atoms with Crippen molar-refractivity contribution in [2.75, 3.05) is 5.32 Å². The molecule has 0 bridgehead atoms. The van der Waals surface area contributed by atoms with Gasteiger partial charge in [-0.25, -0.2) is 5.43 Å². The Morgan fingerprint density at radius 2 is 1.68 bits per heavy atom. The van der Waals surface area contributed by atoms with E-state index >= 15 is 0 Å². The Balaban J connectivity index is 1.67. The summed E-state index contributed by atoms with van der Waals surface area (Å²) in [6.45, 7) is 1.86. The Hall–Kier alpha value is -3.93. The maximum absolute atomic E-state index is 12.4. The number of nitrogens with one attached hydrogen (secondary N) is 2. The zero-order valence-corrected chi connectivity index (χ0v) is 15.2. The van der Waals surface area contributed by atoms with Crippen molar-refractivity contribution in [2.45, 2.75) is 6.92 Å². The molecule has 0 aliphatic carbocycles. The van der Waals surface area contributed by atoms with Crippen LogP contribution in [-0.4, -0.2) is 23.1 Å². The summed E-state index contributed by atoms with van der Waals surface area (Å²) in [4.78, 5) is 24.7. The first kappa shape index (κ1) is 18.8. The second-order valence-corrected chi connectivity index (χ2v) is 6.11. The second-order valence-electron chi connectivity index (χ2n) is 6.11. The number of carbonyl (C=O) groups is 2. The Kier molecular flexibility index (Phi) is 5.81. The molecule has 0 spiro atoms. The highest BCUT2D eigenvalue weighted by Gasteiger charge is 2.10. The summed E-state index contributed by atoms with van der Waals surface area (Å²) in [5.41, 5.74) is 5.18. The molecule has 0 heterocycles. The van der Waals surface area contributed by atoms with Gasteiger partial charge in [0.15, 0.2) is 0 Å². The van der Waals surface area contributed by atoms with Gasteiger partial charge in [-0.2, -0.15) is 5.10 Å². The first-order chi connectivity index (χ1) is 13.5. The lowest BCUT2D eigenvalue weighted by atomic mass is 10.1. The lowest BCUT2D eigenvalue weighted by Gasteiger charge is -2.08. The van der Waals surface area contributed by atoms with Gasteiger partial charge in [0.05, 0.1) is 6.21 Å². The SMILES string of the molecule is Cc1ccccc1C(=O)Nc1cccc(C(=O)N/N=C\c2ccccc2O)c1. The molecular formula is C22H19N3O3. The number of phenols is 1. The molecule has 6 nitrogen and oxygen atoms in total. The number of para-hydroxylation sites is 1. The van der Waals surface area contributed by atoms with Crippen molar-refractivity contribution in [3.63, 3.8) is 0 Å². The standard InChI is InChI=1S/C22H19N3O3/c1-15-7-2-4-11-19(15)22(28)24-18-10-6-9-16(13-18)21(27)25-23-14-17-8-3-5-12-20(17)26/h2-14,26H,1H3,(H,24,28)(H,25,27)/b23-14-. The maximum atomic E-state index is 12.4. The molecule has 3 aromatic rings. The molecule has 2 amide bonds. The van der Waals surface area contributed by atoms with Crippen LogP contribution >= 0.6 is 0 Å². The molecule has 140 valence electrons. The average molecular weight is 373 g/mol. The lowest BCUT2D eigenvalue weighted by Crippen LogP contribution is -2.18. The van der Waals surface area contributed by atoms with Gasteiger partial charge in [-0.05, 0) is 48.9 Å². The van der Waals surface area contributed by atoms with Crippen molar-refractivity contribution in [3.8, 4) is 5.75 Å². The smallest absolute Gasteiger partial charge is 0.271 e. The zero-order chi connectivity index (χ0) is 19.9. The van der Waals surface area contributed by atoms with Crippen LogP contribution in [-0.2, 0) is 0 Å². The Labute approximate surface area is 162 Å². The molecule has 0 saturated heterocycles. The lowest BCUT2D eigenvalue weighted by molar-refractivity contribution is 0.0953. The zero-order valence-electron chi connectivity index (χ0n) is 15.2. The number of phenolic OH excluding ortho intramolecular Hbond substituents is 1. The third-order valence-corrected chi connectivity index (χ3v) is 4.08. The second kappa shape index (κ2) is 8.64. The normalized spacial score (nSPS) is 10.6. The monoisotopic (exact) mass is 373 g/mol. The summed E-state index contributed by atoms with van der Waals surface area (Å²) in [7, 11) is 0. The Morgan fingerprint density at radius 1 is 0.929 bits per heavy atom. The first-order valence-electron chi connectivity index (χ1n) is 8.63. The van der Waals surface area contributed by atoms with Crippen LogP contribution in [0.5, 0.6) is 5.75 Å². The van der Waals surface area contributed by atoms with Crippen molar-refractivity contribution in [2.24, 2.45) is 5.10 Å². The summed E-state index contributed by atoms with van der Waals surface area (Å²) in [6, 6.07) is 20.5. The number of aryl methyl sites for hydroxylation is 1. The number of aromatic hydroxyl groups is 1. The first-order valence-corrected chi connectivity index (χ1v) is 8.63. The average Bonchev–Trinajstić information content (AvgIpc) is 2.70. The van der Waals surface area contributed by atoms with E-state index in [-0.39, 0.29) is 11.7 Å².